The minimum Gasteiger partial charge on any atom is -0.444 e. The van der Waals surface area contributed by atoms with Crippen molar-refractivity contribution in [2.75, 3.05) is 19.8 Å². The van der Waals surface area contributed by atoms with Gasteiger partial charge >= 0.3 is 6.09 Å². The molecule has 0 bridgehead atoms. The number of hydrogen-bond acceptors (Lipinski definition) is 2. The van der Waals surface area contributed by atoms with E-state index in [0.717, 1.165) is 0 Å². The van der Waals surface area contributed by atoms with E-state index in [1.54, 1.807) is 4.90 Å². The number of hydrogen-bond donors (Lipinski definition) is 0. The number of fused-ring (bicyclic) bond motifs is 1. The first kappa shape index (κ1) is 10.7. The molecule has 3 nitrogen and oxygen atoms in total. The van der Waals surface area contributed by atoms with Gasteiger partial charge in [-0.1, -0.05) is 0 Å². The Balaban J connectivity index is 1.82. The summed E-state index contributed by atoms with van der Waals surface area (Å²) in [6, 6.07) is 0. The van der Waals surface area contributed by atoms with Crippen LogP contribution in [0.3, 0.4) is 0 Å². The maximum atomic E-state index is 12.4. The summed E-state index contributed by atoms with van der Waals surface area (Å²) in [6.45, 7) is 6.67. The Kier molecular flexibility index (Phi) is 2.40. The molecule has 3 atom stereocenters. The number of likely N-dealkylation sites (tertiary alicyclic amines) is 1. The average molecular weight is 215 g/mol. The van der Waals surface area contributed by atoms with Crippen LogP contribution in [0.15, 0.2) is 0 Å². The molecule has 0 aromatic rings. The van der Waals surface area contributed by atoms with Crippen molar-refractivity contribution in [2.45, 2.75) is 26.4 Å². The predicted octanol–water partition coefficient (Wildman–Crippen LogP) is 2.07. The third-order valence-corrected chi connectivity index (χ3v) is 3.20. The van der Waals surface area contributed by atoms with Crippen LogP contribution in [0.5, 0.6) is 0 Å². The second-order valence-corrected chi connectivity index (χ2v) is 5.53. The lowest BCUT2D eigenvalue weighted by atomic mass is 10.2. The highest BCUT2D eigenvalue weighted by Gasteiger charge is 2.56. The molecule has 2 fully saturated rings. The lowest BCUT2D eigenvalue weighted by molar-refractivity contribution is 0.0263. The summed E-state index contributed by atoms with van der Waals surface area (Å²) in [5.74, 6) is 0.994. The molecular weight excluding hydrogens is 197 g/mol. The van der Waals surface area contributed by atoms with Crippen LogP contribution >= 0.6 is 0 Å². The number of nitrogens with zero attached hydrogens (tertiary/aromatic N) is 1. The number of amides is 1. The number of alkyl halides is 1. The zero-order valence-electron chi connectivity index (χ0n) is 9.50. The lowest BCUT2D eigenvalue weighted by Crippen LogP contribution is -2.37. The van der Waals surface area contributed by atoms with Gasteiger partial charge in [-0.3, -0.25) is 4.39 Å². The molecule has 15 heavy (non-hydrogen) atoms. The van der Waals surface area contributed by atoms with E-state index in [4.69, 9.17) is 4.74 Å². The van der Waals surface area contributed by atoms with Crippen molar-refractivity contribution in [3.05, 3.63) is 0 Å². The Hall–Kier alpha value is -0.800. The zero-order chi connectivity index (χ0) is 11.2. The summed E-state index contributed by atoms with van der Waals surface area (Å²) in [5.41, 5.74) is -0.441. The van der Waals surface area contributed by atoms with Crippen molar-refractivity contribution in [1.82, 2.24) is 4.90 Å². The molecule has 1 aliphatic heterocycles. The molecule has 0 N–H and O–H groups in total. The maximum absolute atomic E-state index is 12.4. The fourth-order valence-electron chi connectivity index (χ4n) is 2.35. The molecule has 0 aromatic heterocycles. The first-order valence-electron chi connectivity index (χ1n) is 5.46. The van der Waals surface area contributed by atoms with Crippen LogP contribution < -0.4 is 0 Å². The van der Waals surface area contributed by atoms with Gasteiger partial charge in [0.1, 0.15) is 5.60 Å². The summed E-state index contributed by atoms with van der Waals surface area (Å²) in [6.07, 6.45) is -0.257. The van der Waals surface area contributed by atoms with Crippen molar-refractivity contribution in [3.8, 4) is 0 Å². The second-order valence-electron chi connectivity index (χ2n) is 5.53. The molecule has 0 spiro atoms. The first-order valence-corrected chi connectivity index (χ1v) is 5.46. The minimum absolute atomic E-state index is 0.212. The molecule has 0 aromatic carbocycles. The Morgan fingerprint density at radius 1 is 1.40 bits per heavy atom. The van der Waals surface area contributed by atoms with E-state index in [1.807, 2.05) is 20.8 Å². The normalized spacial score (nSPS) is 33.9. The smallest absolute Gasteiger partial charge is 0.410 e. The van der Waals surface area contributed by atoms with Gasteiger partial charge in [-0.05, 0) is 38.5 Å². The lowest BCUT2D eigenvalue weighted by Gasteiger charge is -2.25. The minimum atomic E-state index is -0.441. The Labute approximate surface area is 89.6 Å². The molecule has 86 valence electrons. The Bertz CT molecular complexity index is 262. The fourth-order valence-corrected chi connectivity index (χ4v) is 2.35. The van der Waals surface area contributed by atoms with Crippen molar-refractivity contribution in [1.29, 1.82) is 0 Å². The van der Waals surface area contributed by atoms with Crippen molar-refractivity contribution >= 4 is 6.09 Å². The third-order valence-electron chi connectivity index (χ3n) is 3.20. The van der Waals surface area contributed by atoms with E-state index in [-0.39, 0.29) is 18.7 Å². The zero-order valence-corrected chi connectivity index (χ0v) is 9.50. The van der Waals surface area contributed by atoms with Gasteiger partial charge in [0.05, 0.1) is 6.67 Å². The van der Waals surface area contributed by atoms with Gasteiger partial charge in [-0.2, -0.15) is 0 Å². The molecule has 1 saturated carbocycles. The largest absolute Gasteiger partial charge is 0.444 e. The third kappa shape index (κ3) is 2.08. The molecule has 1 amide bonds. The van der Waals surface area contributed by atoms with E-state index in [0.29, 0.717) is 24.9 Å². The van der Waals surface area contributed by atoms with Crippen molar-refractivity contribution in [3.63, 3.8) is 0 Å². The van der Waals surface area contributed by atoms with Gasteiger partial charge in [-0.25, -0.2) is 4.79 Å². The van der Waals surface area contributed by atoms with Crippen LogP contribution in [0.25, 0.3) is 0 Å². The summed E-state index contributed by atoms with van der Waals surface area (Å²) in [7, 11) is 0. The monoisotopic (exact) mass is 215 g/mol. The van der Waals surface area contributed by atoms with Gasteiger partial charge in [0.25, 0.3) is 0 Å². The number of ether oxygens (including phenoxy) is 1. The van der Waals surface area contributed by atoms with E-state index >= 15 is 0 Å². The van der Waals surface area contributed by atoms with Crippen LogP contribution in [-0.2, 0) is 4.74 Å². The standard InChI is InChI=1S/C11H18FNO2/c1-11(2,3)15-10(14)13-5-8-7(4-12)9(8)6-13/h7-9H,4-6H2,1-3H3/t7?,8-,9+. The van der Waals surface area contributed by atoms with Gasteiger partial charge in [0.15, 0.2) is 0 Å². The van der Waals surface area contributed by atoms with Gasteiger partial charge in [0.2, 0.25) is 0 Å². The topological polar surface area (TPSA) is 29.5 Å². The molecule has 1 unspecified atom stereocenters. The highest BCUT2D eigenvalue weighted by molar-refractivity contribution is 5.68. The second kappa shape index (κ2) is 3.35. The maximum Gasteiger partial charge on any atom is 0.410 e. The van der Waals surface area contributed by atoms with Gasteiger partial charge in [0, 0.05) is 13.1 Å². The van der Waals surface area contributed by atoms with Gasteiger partial charge < -0.3 is 9.64 Å². The highest BCUT2D eigenvalue weighted by Crippen LogP contribution is 2.51. The van der Waals surface area contributed by atoms with Crippen LogP contribution in [0.2, 0.25) is 0 Å². The Morgan fingerprint density at radius 3 is 2.33 bits per heavy atom. The molecule has 1 heterocycles. The fraction of sp³-hybridized carbons (Fsp3) is 0.909. The van der Waals surface area contributed by atoms with Crippen LogP contribution in [0.4, 0.5) is 9.18 Å². The summed E-state index contributed by atoms with van der Waals surface area (Å²) in [5, 5.41) is 0. The van der Waals surface area contributed by atoms with E-state index in [1.165, 1.54) is 0 Å². The number of carbonyl (C=O) groups is 1. The summed E-state index contributed by atoms with van der Waals surface area (Å²) < 4.78 is 17.6. The molecule has 1 aliphatic carbocycles. The summed E-state index contributed by atoms with van der Waals surface area (Å²) in [4.78, 5) is 13.3. The quantitative estimate of drug-likeness (QED) is 0.670. The molecule has 4 heteroatoms. The first-order chi connectivity index (χ1) is 6.92. The molecule has 2 rings (SSSR count). The van der Waals surface area contributed by atoms with Crippen LogP contribution in [0.1, 0.15) is 20.8 Å². The number of halogens is 1. The van der Waals surface area contributed by atoms with Gasteiger partial charge in [-0.15, -0.1) is 0 Å². The van der Waals surface area contributed by atoms with Crippen LogP contribution in [-0.4, -0.2) is 36.4 Å². The molecular formula is C11H18FNO2. The number of carbonyl (C=O) groups excluding carboxylic acids is 1. The summed E-state index contributed by atoms with van der Waals surface area (Å²) >= 11 is 0. The molecule has 2 aliphatic rings. The number of rotatable bonds is 1. The van der Waals surface area contributed by atoms with E-state index in [2.05, 4.69) is 0 Å². The molecule has 0 radical (unpaired) electrons. The Morgan fingerprint density at radius 2 is 1.93 bits per heavy atom. The highest BCUT2D eigenvalue weighted by atomic mass is 19.1. The predicted molar refractivity (Wildman–Crippen MR) is 54.3 cm³/mol. The number of piperidine rings is 1. The van der Waals surface area contributed by atoms with E-state index < -0.39 is 5.60 Å². The van der Waals surface area contributed by atoms with Crippen LogP contribution in [0, 0.1) is 17.8 Å². The SMILES string of the molecule is CC(C)(C)OC(=O)N1C[C@@H]2C(CF)[C@@H]2C1. The van der Waals surface area contributed by atoms with Crippen molar-refractivity contribution in [2.24, 2.45) is 17.8 Å². The average Bonchev–Trinajstić information content (AvgIpc) is 2.54. The molecule has 1 saturated heterocycles. The van der Waals surface area contributed by atoms with Crippen molar-refractivity contribution < 1.29 is 13.9 Å². The van der Waals surface area contributed by atoms with E-state index in [9.17, 15) is 9.18 Å².